The average Bonchev–Trinajstić information content (AvgIpc) is 3.24. The van der Waals surface area contributed by atoms with Gasteiger partial charge in [0.25, 0.3) is 5.91 Å². The summed E-state index contributed by atoms with van der Waals surface area (Å²) in [7, 11) is 0. The van der Waals surface area contributed by atoms with Crippen molar-refractivity contribution in [2.75, 3.05) is 19.6 Å². The predicted molar refractivity (Wildman–Crippen MR) is 133 cm³/mol. The average molecular weight is 497 g/mol. The van der Waals surface area contributed by atoms with E-state index in [9.17, 15) is 9.59 Å². The highest BCUT2D eigenvalue weighted by atomic mass is 35.5. The van der Waals surface area contributed by atoms with Crippen LogP contribution in [0.15, 0.2) is 35.7 Å². The van der Waals surface area contributed by atoms with E-state index in [1.54, 1.807) is 23.5 Å². The van der Waals surface area contributed by atoms with Gasteiger partial charge in [0.15, 0.2) is 0 Å². The molecular weight excluding hydrogens is 465 g/mol. The van der Waals surface area contributed by atoms with E-state index in [4.69, 9.17) is 23.2 Å². The van der Waals surface area contributed by atoms with Crippen LogP contribution >= 0.6 is 34.5 Å². The maximum absolute atomic E-state index is 13.0. The first-order chi connectivity index (χ1) is 15.3. The van der Waals surface area contributed by atoms with Crippen molar-refractivity contribution in [3.8, 4) is 0 Å². The van der Waals surface area contributed by atoms with E-state index in [-0.39, 0.29) is 22.8 Å². The molecule has 0 bridgehead atoms. The van der Waals surface area contributed by atoms with Gasteiger partial charge >= 0.3 is 0 Å². The van der Waals surface area contributed by atoms with Crippen LogP contribution in [0.2, 0.25) is 10.0 Å². The van der Waals surface area contributed by atoms with Gasteiger partial charge in [-0.25, -0.2) is 0 Å². The Labute approximate surface area is 204 Å². The molecule has 32 heavy (non-hydrogen) atoms. The molecule has 0 saturated carbocycles. The summed E-state index contributed by atoms with van der Waals surface area (Å²) in [6, 6.07) is 8.37. The fourth-order valence-electron chi connectivity index (χ4n) is 4.07. The largest absolute Gasteiger partial charge is 0.354 e. The van der Waals surface area contributed by atoms with Gasteiger partial charge in [0.1, 0.15) is 6.04 Å². The highest BCUT2D eigenvalue weighted by Crippen LogP contribution is 2.22. The summed E-state index contributed by atoms with van der Waals surface area (Å²) in [6.45, 7) is 7.72. The number of hydrogen-bond acceptors (Lipinski definition) is 4. The molecule has 1 aromatic heterocycles. The van der Waals surface area contributed by atoms with Gasteiger partial charge < -0.3 is 10.6 Å². The monoisotopic (exact) mass is 495 g/mol. The zero-order valence-electron chi connectivity index (χ0n) is 18.6. The lowest BCUT2D eigenvalue weighted by Gasteiger charge is -2.33. The molecule has 3 rings (SSSR count). The van der Waals surface area contributed by atoms with Gasteiger partial charge in [-0.2, -0.15) is 0 Å². The van der Waals surface area contributed by atoms with Gasteiger partial charge in [0, 0.05) is 29.5 Å². The number of nitrogens with zero attached hydrogens (tertiary/aromatic N) is 1. The quantitative estimate of drug-likeness (QED) is 0.500. The molecule has 2 unspecified atom stereocenters. The Hall–Kier alpha value is -1.60. The molecule has 0 radical (unpaired) electrons. The first-order valence-corrected chi connectivity index (χ1v) is 12.7. The van der Waals surface area contributed by atoms with Gasteiger partial charge in [-0.1, -0.05) is 43.1 Å². The number of thiophene rings is 1. The Balaban J connectivity index is 1.55. The van der Waals surface area contributed by atoms with Crippen molar-refractivity contribution in [2.24, 2.45) is 11.8 Å². The lowest BCUT2D eigenvalue weighted by Crippen LogP contribution is -2.49. The zero-order chi connectivity index (χ0) is 23.1. The van der Waals surface area contributed by atoms with Gasteiger partial charge in [-0.05, 0) is 67.3 Å². The zero-order valence-corrected chi connectivity index (χ0v) is 20.9. The van der Waals surface area contributed by atoms with Crippen molar-refractivity contribution in [3.63, 3.8) is 0 Å². The summed E-state index contributed by atoms with van der Waals surface area (Å²) in [6.07, 6.45) is 2.79. The number of rotatable bonds is 9. The lowest BCUT2D eigenvalue weighted by molar-refractivity contribution is -0.123. The fourth-order valence-corrected chi connectivity index (χ4v) is 5.31. The predicted octanol–water partition coefficient (Wildman–Crippen LogP) is 5.23. The third-order valence-corrected chi connectivity index (χ3v) is 7.04. The topological polar surface area (TPSA) is 61.4 Å². The molecule has 2 N–H and O–H groups in total. The summed E-state index contributed by atoms with van der Waals surface area (Å²) in [4.78, 5) is 29.6. The molecule has 1 saturated heterocycles. The summed E-state index contributed by atoms with van der Waals surface area (Å²) in [5, 5.41) is 8.79. The molecule has 2 atom stereocenters. The fraction of sp³-hybridized carbons (Fsp3) is 0.500. The van der Waals surface area contributed by atoms with Gasteiger partial charge in [0.2, 0.25) is 5.91 Å². The second-order valence-corrected chi connectivity index (χ2v) is 10.7. The number of hydrogen-bond donors (Lipinski definition) is 2. The van der Waals surface area contributed by atoms with Crippen LogP contribution in [0.25, 0.3) is 0 Å². The molecule has 0 spiro atoms. The number of carbonyl (C=O) groups excluding carboxylic acids is 2. The Morgan fingerprint density at radius 1 is 1.25 bits per heavy atom. The van der Waals surface area contributed by atoms with E-state index in [1.165, 1.54) is 10.9 Å². The number of piperidine rings is 1. The second-order valence-electron chi connectivity index (χ2n) is 8.85. The molecule has 5 nitrogen and oxygen atoms in total. The highest BCUT2D eigenvalue weighted by molar-refractivity contribution is 7.09. The van der Waals surface area contributed by atoms with Gasteiger partial charge in [-0.3, -0.25) is 14.5 Å². The second kappa shape index (κ2) is 12.0. The normalized spacial score (nSPS) is 17.8. The summed E-state index contributed by atoms with van der Waals surface area (Å²) in [5.74, 6) is 0.149. The molecule has 1 fully saturated rings. The summed E-state index contributed by atoms with van der Waals surface area (Å²) in [5.41, 5.74) is 0.314. The van der Waals surface area contributed by atoms with Crippen molar-refractivity contribution in [3.05, 3.63) is 56.2 Å². The number of likely N-dealkylation sites (tertiary alicyclic amines) is 1. The molecule has 174 valence electrons. The van der Waals surface area contributed by atoms with Gasteiger partial charge in [-0.15, -0.1) is 11.3 Å². The molecular formula is C24H31Cl2N3O2S. The molecule has 1 aliphatic rings. The van der Waals surface area contributed by atoms with Crippen LogP contribution in [0.5, 0.6) is 0 Å². The van der Waals surface area contributed by atoms with Crippen LogP contribution in [-0.4, -0.2) is 42.4 Å². The van der Waals surface area contributed by atoms with Crippen LogP contribution in [0.4, 0.5) is 0 Å². The van der Waals surface area contributed by atoms with E-state index in [2.05, 4.69) is 33.0 Å². The van der Waals surface area contributed by atoms with Crippen molar-refractivity contribution < 1.29 is 9.59 Å². The Morgan fingerprint density at radius 3 is 2.75 bits per heavy atom. The minimum absolute atomic E-state index is 0.146. The van der Waals surface area contributed by atoms with Gasteiger partial charge in [0.05, 0.1) is 10.6 Å². The third-order valence-electron chi connectivity index (χ3n) is 5.63. The van der Waals surface area contributed by atoms with E-state index >= 15 is 0 Å². The van der Waals surface area contributed by atoms with Crippen LogP contribution in [0.3, 0.4) is 0 Å². The SMILES string of the molecule is CC(C)CC(NC(=O)c1ccc(Cl)cc1Cl)C(=O)NCC1CCCN(Cc2cccs2)C1. The molecule has 1 aliphatic heterocycles. The third kappa shape index (κ3) is 7.48. The smallest absolute Gasteiger partial charge is 0.253 e. The highest BCUT2D eigenvalue weighted by Gasteiger charge is 2.26. The number of benzene rings is 1. The van der Waals surface area contributed by atoms with E-state index < -0.39 is 6.04 Å². The van der Waals surface area contributed by atoms with E-state index in [0.29, 0.717) is 29.5 Å². The van der Waals surface area contributed by atoms with Crippen molar-refractivity contribution in [2.45, 2.75) is 45.7 Å². The maximum Gasteiger partial charge on any atom is 0.253 e. The lowest BCUT2D eigenvalue weighted by atomic mass is 9.97. The van der Waals surface area contributed by atoms with Crippen LogP contribution in [0, 0.1) is 11.8 Å². The maximum atomic E-state index is 13.0. The molecule has 2 heterocycles. The minimum Gasteiger partial charge on any atom is -0.354 e. The van der Waals surface area contributed by atoms with E-state index in [0.717, 1.165) is 32.5 Å². The number of amides is 2. The standard InChI is InChI=1S/C24H31Cl2N3O2S/c1-16(2)11-22(28-23(30)20-8-7-18(25)12-21(20)26)24(31)27-13-17-5-3-9-29(14-17)15-19-6-4-10-32-19/h4,6-8,10,12,16-17,22H,3,5,9,11,13-15H2,1-2H3,(H,27,31)(H,28,30). The van der Waals surface area contributed by atoms with Crippen molar-refractivity contribution >= 4 is 46.4 Å². The molecule has 2 aromatic rings. The van der Waals surface area contributed by atoms with Crippen molar-refractivity contribution in [1.29, 1.82) is 0 Å². The van der Waals surface area contributed by atoms with Crippen LogP contribution < -0.4 is 10.6 Å². The van der Waals surface area contributed by atoms with Crippen LogP contribution in [-0.2, 0) is 11.3 Å². The molecule has 1 aromatic carbocycles. The summed E-state index contributed by atoms with van der Waals surface area (Å²) < 4.78 is 0. The number of carbonyl (C=O) groups is 2. The minimum atomic E-state index is -0.611. The van der Waals surface area contributed by atoms with Crippen molar-refractivity contribution in [1.82, 2.24) is 15.5 Å². The number of halogens is 2. The molecule has 2 amide bonds. The molecule has 0 aliphatic carbocycles. The Morgan fingerprint density at radius 2 is 2.06 bits per heavy atom. The Kier molecular flexibility index (Phi) is 9.41. The summed E-state index contributed by atoms with van der Waals surface area (Å²) >= 11 is 13.9. The first kappa shape index (κ1) is 25.0. The molecule has 8 heteroatoms. The number of nitrogens with one attached hydrogen (secondary N) is 2. The Bertz CT molecular complexity index is 905. The van der Waals surface area contributed by atoms with Crippen LogP contribution in [0.1, 0.15) is 48.3 Å². The first-order valence-electron chi connectivity index (χ1n) is 11.1. The van der Waals surface area contributed by atoms with E-state index in [1.807, 2.05) is 13.8 Å².